The second-order valence-electron chi connectivity index (χ2n) is 5.12. The quantitative estimate of drug-likeness (QED) is 0.886. The van der Waals surface area contributed by atoms with Crippen molar-refractivity contribution in [2.24, 2.45) is 5.16 Å². The number of para-hydroxylation sites is 2. The Kier molecular flexibility index (Phi) is 4.92. The van der Waals surface area contributed by atoms with E-state index in [0.29, 0.717) is 33.6 Å². The number of methoxy groups -OCH3 is 1. The molecule has 1 amide bonds. The molecule has 0 aliphatic carbocycles. The third-order valence-corrected chi connectivity index (χ3v) is 4.22. The number of ether oxygens (including phenoxy) is 1. The maximum absolute atomic E-state index is 12.4. The van der Waals surface area contributed by atoms with Crippen LogP contribution in [0.5, 0.6) is 5.75 Å². The van der Waals surface area contributed by atoms with Crippen LogP contribution in [0.4, 0.5) is 5.69 Å². The van der Waals surface area contributed by atoms with Crippen LogP contribution >= 0.6 is 23.2 Å². The first-order chi connectivity index (χ1) is 11.6. The van der Waals surface area contributed by atoms with E-state index in [1.165, 1.54) is 0 Å². The third kappa shape index (κ3) is 3.32. The molecule has 1 heterocycles. The van der Waals surface area contributed by atoms with Crippen molar-refractivity contribution >= 4 is 40.5 Å². The lowest BCUT2D eigenvalue weighted by Crippen LogP contribution is -2.28. The van der Waals surface area contributed by atoms with Gasteiger partial charge in [0.25, 0.3) is 5.91 Å². The standard InChI is InChI=1S/C17H14Cl2N2O3/c1-23-14-8-3-2-5-10(14)13-9-15(24-21-13)17(22)20-16-11(18)6-4-7-12(16)19/h2-8,15H,9H2,1H3,(H,20,22)/t15-/m0/s1. The Labute approximate surface area is 149 Å². The first-order valence-electron chi connectivity index (χ1n) is 7.21. The number of rotatable bonds is 4. The van der Waals surface area contributed by atoms with Gasteiger partial charge >= 0.3 is 0 Å². The minimum Gasteiger partial charge on any atom is -0.496 e. The normalized spacial score (nSPS) is 16.3. The molecular formula is C17H14Cl2N2O3. The Morgan fingerprint density at radius 2 is 1.92 bits per heavy atom. The van der Waals surface area contributed by atoms with Crippen molar-refractivity contribution in [3.63, 3.8) is 0 Å². The number of benzene rings is 2. The van der Waals surface area contributed by atoms with Gasteiger partial charge in [0.05, 0.1) is 28.6 Å². The Balaban J connectivity index is 1.72. The highest BCUT2D eigenvalue weighted by molar-refractivity contribution is 6.39. The Bertz CT molecular complexity index is 788. The second-order valence-corrected chi connectivity index (χ2v) is 5.94. The van der Waals surface area contributed by atoms with Crippen LogP contribution in [0.3, 0.4) is 0 Å². The number of carbonyl (C=O) groups is 1. The molecule has 124 valence electrons. The van der Waals surface area contributed by atoms with Gasteiger partial charge in [-0.1, -0.05) is 46.6 Å². The van der Waals surface area contributed by atoms with Crippen molar-refractivity contribution in [1.29, 1.82) is 0 Å². The third-order valence-electron chi connectivity index (χ3n) is 3.59. The van der Waals surface area contributed by atoms with Crippen LogP contribution in [0.15, 0.2) is 47.6 Å². The number of amides is 1. The summed E-state index contributed by atoms with van der Waals surface area (Å²) in [7, 11) is 1.58. The molecule has 3 rings (SSSR count). The van der Waals surface area contributed by atoms with E-state index < -0.39 is 6.10 Å². The van der Waals surface area contributed by atoms with Crippen molar-refractivity contribution < 1.29 is 14.4 Å². The van der Waals surface area contributed by atoms with Crippen LogP contribution in [-0.2, 0) is 9.63 Å². The maximum atomic E-state index is 12.4. The summed E-state index contributed by atoms with van der Waals surface area (Å²) < 4.78 is 5.31. The molecule has 1 aliphatic rings. The van der Waals surface area contributed by atoms with E-state index in [2.05, 4.69) is 10.5 Å². The summed E-state index contributed by atoms with van der Waals surface area (Å²) in [6.45, 7) is 0. The molecule has 1 aliphatic heterocycles. The number of anilines is 1. The highest BCUT2D eigenvalue weighted by Gasteiger charge is 2.30. The van der Waals surface area contributed by atoms with E-state index in [1.54, 1.807) is 25.3 Å². The zero-order valence-corrected chi connectivity index (χ0v) is 14.3. The summed E-state index contributed by atoms with van der Waals surface area (Å²) in [6.07, 6.45) is -0.425. The molecule has 2 aromatic carbocycles. The molecular weight excluding hydrogens is 351 g/mol. The fraction of sp³-hybridized carbons (Fsp3) is 0.176. The van der Waals surface area contributed by atoms with Gasteiger partial charge in [-0.25, -0.2) is 0 Å². The first-order valence-corrected chi connectivity index (χ1v) is 7.96. The van der Waals surface area contributed by atoms with E-state index >= 15 is 0 Å². The summed E-state index contributed by atoms with van der Waals surface area (Å²) in [4.78, 5) is 17.7. The van der Waals surface area contributed by atoms with Gasteiger partial charge in [-0.3, -0.25) is 4.79 Å². The van der Waals surface area contributed by atoms with Crippen LogP contribution in [-0.4, -0.2) is 24.8 Å². The lowest BCUT2D eigenvalue weighted by molar-refractivity contribution is -0.125. The molecule has 1 N–H and O–H groups in total. The molecule has 7 heteroatoms. The predicted octanol–water partition coefficient (Wildman–Crippen LogP) is 4.13. The van der Waals surface area contributed by atoms with Crippen molar-refractivity contribution in [1.82, 2.24) is 0 Å². The van der Waals surface area contributed by atoms with Crippen LogP contribution in [0.25, 0.3) is 0 Å². The molecule has 0 saturated heterocycles. The van der Waals surface area contributed by atoms with Crippen molar-refractivity contribution in [3.8, 4) is 5.75 Å². The van der Waals surface area contributed by atoms with Gasteiger partial charge in [0, 0.05) is 12.0 Å². The summed E-state index contributed by atoms with van der Waals surface area (Å²) in [5.41, 5.74) is 1.81. The molecule has 0 aromatic heterocycles. The van der Waals surface area contributed by atoms with Crippen molar-refractivity contribution in [2.75, 3.05) is 12.4 Å². The monoisotopic (exact) mass is 364 g/mol. The van der Waals surface area contributed by atoms with Crippen molar-refractivity contribution in [2.45, 2.75) is 12.5 Å². The minimum absolute atomic E-state index is 0.328. The zero-order chi connectivity index (χ0) is 17.1. The zero-order valence-electron chi connectivity index (χ0n) is 12.8. The molecule has 0 saturated carbocycles. The lowest BCUT2D eigenvalue weighted by Gasteiger charge is -2.12. The van der Waals surface area contributed by atoms with Crippen LogP contribution in [0.2, 0.25) is 10.0 Å². The van der Waals surface area contributed by atoms with Gasteiger partial charge in [0.15, 0.2) is 0 Å². The summed E-state index contributed by atoms with van der Waals surface area (Å²) >= 11 is 12.1. The number of halogens is 2. The van der Waals surface area contributed by atoms with Crippen LogP contribution < -0.4 is 10.1 Å². The second kappa shape index (κ2) is 7.11. The number of nitrogens with zero attached hydrogens (tertiary/aromatic N) is 1. The summed E-state index contributed by atoms with van der Waals surface area (Å²) in [5, 5.41) is 7.42. The first kappa shape index (κ1) is 16.6. The molecule has 0 radical (unpaired) electrons. The van der Waals surface area contributed by atoms with Gasteiger partial charge < -0.3 is 14.9 Å². The Morgan fingerprint density at radius 3 is 2.62 bits per heavy atom. The van der Waals surface area contributed by atoms with Gasteiger partial charge in [-0.15, -0.1) is 0 Å². The molecule has 24 heavy (non-hydrogen) atoms. The van der Waals surface area contributed by atoms with E-state index in [0.717, 1.165) is 5.56 Å². The van der Waals surface area contributed by atoms with Gasteiger partial charge in [0.2, 0.25) is 6.10 Å². The minimum atomic E-state index is -0.753. The van der Waals surface area contributed by atoms with E-state index in [-0.39, 0.29) is 5.91 Å². The number of hydrogen-bond donors (Lipinski definition) is 1. The molecule has 0 fully saturated rings. The van der Waals surface area contributed by atoms with Gasteiger partial charge in [-0.05, 0) is 24.3 Å². The fourth-order valence-electron chi connectivity index (χ4n) is 2.38. The fourth-order valence-corrected chi connectivity index (χ4v) is 2.87. The largest absolute Gasteiger partial charge is 0.496 e. The van der Waals surface area contributed by atoms with Crippen LogP contribution in [0, 0.1) is 0 Å². The highest BCUT2D eigenvalue weighted by atomic mass is 35.5. The van der Waals surface area contributed by atoms with Crippen molar-refractivity contribution in [3.05, 3.63) is 58.1 Å². The highest BCUT2D eigenvalue weighted by Crippen LogP contribution is 2.31. The number of carbonyl (C=O) groups excluding carboxylic acids is 1. The molecule has 0 unspecified atom stereocenters. The smallest absolute Gasteiger partial charge is 0.268 e. The Hall–Kier alpha value is -2.24. The van der Waals surface area contributed by atoms with Gasteiger partial charge in [0.1, 0.15) is 5.75 Å². The number of hydrogen-bond acceptors (Lipinski definition) is 4. The van der Waals surface area contributed by atoms with E-state index in [1.807, 2.05) is 24.3 Å². The SMILES string of the molecule is COc1ccccc1C1=NO[C@H](C(=O)Nc2c(Cl)cccc2Cl)C1. The molecule has 1 atom stereocenters. The van der Waals surface area contributed by atoms with Gasteiger partial charge in [-0.2, -0.15) is 0 Å². The lowest BCUT2D eigenvalue weighted by atomic mass is 10.0. The van der Waals surface area contributed by atoms with E-state index in [9.17, 15) is 4.79 Å². The summed E-state index contributed by atoms with van der Waals surface area (Å²) in [6, 6.07) is 12.4. The van der Waals surface area contributed by atoms with Crippen LogP contribution in [0.1, 0.15) is 12.0 Å². The number of nitrogens with one attached hydrogen (secondary N) is 1. The molecule has 0 spiro atoms. The topological polar surface area (TPSA) is 59.9 Å². The summed E-state index contributed by atoms with van der Waals surface area (Å²) in [5.74, 6) is 0.314. The number of oxime groups is 1. The maximum Gasteiger partial charge on any atom is 0.268 e. The molecule has 2 aromatic rings. The average Bonchev–Trinajstić information content (AvgIpc) is 3.08. The Morgan fingerprint density at radius 1 is 1.21 bits per heavy atom. The predicted molar refractivity (Wildman–Crippen MR) is 94.1 cm³/mol. The average molecular weight is 365 g/mol. The molecule has 0 bridgehead atoms. The molecule has 5 nitrogen and oxygen atoms in total. The van der Waals surface area contributed by atoms with E-state index in [4.69, 9.17) is 32.8 Å².